The number of halogens is 1. The summed E-state index contributed by atoms with van der Waals surface area (Å²) in [4.78, 5) is 22.6. The number of piperidine rings is 1. The minimum atomic E-state index is -0.255. The topological polar surface area (TPSA) is 97.1 Å². The van der Waals surface area contributed by atoms with Crippen molar-refractivity contribution in [3.63, 3.8) is 0 Å². The summed E-state index contributed by atoms with van der Waals surface area (Å²) in [6.45, 7) is 5.84. The number of aromatic nitrogens is 4. The highest BCUT2D eigenvalue weighted by Gasteiger charge is 2.32. The maximum atomic E-state index is 14.6. The highest BCUT2D eigenvalue weighted by atomic mass is 19.1. The van der Waals surface area contributed by atoms with E-state index in [-0.39, 0.29) is 24.2 Å². The number of amides is 1. The predicted octanol–water partition coefficient (Wildman–Crippen LogP) is 3.32. The van der Waals surface area contributed by atoms with Crippen molar-refractivity contribution in [3.05, 3.63) is 53.2 Å². The molecule has 4 aliphatic heterocycles. The van der Waals surface area contributed by atoms with Gasteiger partial charge >= 0.3 is 0 Å². The molecule has 2 fully saturated rings. The standard InChI is InChI=1S/C30H36FN7O3/c31-26-1-2-27-23(9-16-41-27)25(26)18-33-30-32-17-24(28-35-34-19-38(28)30)20-3-12-37(13-4-20)29(39)21-5-10-36(11-6-21)22-7-14-40-15-8-22/h1-3,17,19,21-22H,4-16,18H2,(H,32,33). The van der Waals surface area contributed by atoms with Crippen LogP contribution in [0.15, 0.2) is 30.7 Å². The second-order valence-electron chi connectivity index (χ2n) is 11.4. The molecule has 0 atom stereocenters. The Labute approximate surface area is 238 Å². The van der Waals surface area contributed by atoms with Crippen molar-refractivity contribution in [2.75, 3.05) is 51.3 Å². The zero-order valence-electron chi connectivity index (χ0n) is 23.2. The molecule has 0 bridgehead atoms. The van der Waals surface area contributed by atoms with Crippen LogP contribution in [0.1, 0.15) is 48.8 Å². The third-order valence-corrected chi connectivity index (χ3v) is 9.15. The van der Waals surface area contributed by atoms with Crippen molar-refractivity contribution >= 4 is 23.1 Å². The van der Waals surface area contributed by atoms with Gasteiger partial charge in [-0.25, -0.2) is 9.37 Å². The van der Waals surface area contributed by atoms with Crippen LogP contribution in [0.2, 0.25) is 0 Å². The van der Waals surface area contributed by atoms with Gasteiger partial charge < -0.3 is 24.6 Å². The van der Waals surface area contributed by atoms with Crippen molar-refractivity contribution in [1.29, 1.82) is 0 Å². The van der Waals surface area contributed by atoms with Crippen LogP contribution in [-0.2, 0) is 22.5 Å². The zero-order valence-corrected chi connectivity index (χ0v) is 23.2. The summed E-state index contributed by atoms with van der Waals surface area (Å²) in [5, 5.41) is 11.8. The molecule has 0 saturated carbocycles. The summed E-state index contributed by atoms with van der Waals surface area (Å²) in [6.07, 6.45) is 11.1. The maximum absolute atomic E-state index is 14.6. The molecule has 0 aliphatic carbocycles. The molecule has 0 radical (unpaired) electrons. The molecule has 7 rings (SSSR count). The lowest BCUT2D eigenvalue weighted by Gasteiger charge is -2.40. The molecule has 2 aromatic heterocycles. The van der Waals surface area contributed by atoms with Crippen LogP contribution >= 0.6 is 0 Å². The summed E-state index contributed by atoms with van der Waals surface area (Å²) in [6, 6.07) is 3.75. The number of anilines is 1. The Bertz CT molecular complexity index is 1460. The van der Waals surface area contributed by atoms with Crippen LogP contribution in [0, 0.1) is 11.7 Å². The van der Waals surface area contributed by atoms with Crippen molar-refractivity contribution in [2.24, 2.45) is 5.92 Å². The molecule has 4 aliphatic rings. The highest BCUT2D eigenvalue weighted by molar-refractivity contribution is 5.82. The normalized spacial score (nSPS) is 20.6. The minimum Gasteiger partial charge on any atom is -0.493 e. The van der Waals surface area contributed by atoms with E-state index in [1.165, 1.54) is 6.07 Å². The van der Waals surface area contributed by atoms with Crippen LogP contribution < -0.4 is 10.1 Å². The Morgan fingerprint density at radius 1 is 1.07 bits per heavy atom. The number of hydrogen-bond donors (Lipinski definition) is 1. The van der Waals surface area contributed by atoms with Crippen molar-refractivity contribution in [3.8, 4) is 5.75 Å². The van der Waals surface area contributed by atoms with Crippen LogP contribution in [0.5, 0.6) is 5.75 Å². The predicted molar refractivity (Wildman–Crippen MR) is 151 cm³/mol. The second-order valence-corrected chi connectivity index (χ2v) is 11.4. The minimum absolute atomic E-state index is 0.110. The molecule has 10 nitrogen and oxygen atoms in total. The lowest BCUT2D eigenvalue weighted by atomic mass is 9.92. The Morgan fingerprint density at radius 2 is 1.93 bits per heavy atom. The molecule has 1 aromatic carbocycles. The third-order valence-electron chi connectivity index (χ3n) is 9.15. The lowest BCUT2D eigenvalue weighted by Crippen LogP contribution is -2.47. The van der Waals surface area contributed by atoms with Gasteiger partial charge in [0.1, 0.15) is 17.9 Å². The first-order valence-corrected chi connectivity index (χ1v) is 14.8. The van der Waals surface area contributed by atoms with Crippen LogP contribution in [-0.4, -0.2) is 87.3 Å². The number of nitrogens with one attached hydrogen (secondary N) is 1. The van der Waals surface area contributed by atoms with Gasteiger partial charge in [0.2, 0.25) is 11.9 Å². The largest absolute Gasteiger partial charge is 0.493 e. The van der Waals surface area contributed by atoms with Gasteiger partial charge in [0.05, 0.1) is 6.61 Å². The first-order valence-electron chi connectivity index (χ1n) is 14.8. The number of ether oxygens (including phenoxy) is 2. The number of hydrogen-bond acceptors (Lipinski definition) is 8. The Kier molecular flexibility index (Phi) is 7.30. The molecule has 1 N–H and O–H groups in total. The van der Waals surface area contributed by atoms with Gasteiger partial charge in [-0.2, -0.15) is 0 Å². The van der Waals surface area contributed by atoms with Gasteiger partial charge in [-0.3, -0.25) is 9.20 Å². The van der Waals surface area contributed by atoms with E-state index in [9.17, 15) is 9.18 Å². The number of benzene rings is 1. The van der Waals surface area contributed by atoms with E-state index in [2.05, 4.69) is 31.5 Å². The van der Waals surface area contributed by atoms with Gasteiger partial charge in [-0.15, -0.1) is 10.2 Å². The molecule has 2 saturated heterocycles. The fourth-order valence-corrected chi connectivity index (χ4v) is 6.78. The van der Waals surface area contributed by atoms with Crippen LogP contribution in [0.3, 0.4) is 0 Å². The molecule has 0 spiro atoms. The van der Waals surface area contributed by atoms with Gasteiger partial charge in [0, 0.05) is 74.1 Å². The smallest absolute Gasteiger partial charge is 0.226 e. The van der Waals surface area contributed by atoms with Crippen LogP contribution in [0.4, 0.5) is 10.3 Å². The maximum Gasteiger partial charge on any atom is 0.226 e. The van der Waals surface area contributed by atoms with E-state index in [0.29, 0.717) is 49.3 Å². The van der Waals surface area contributed by atoms with E-state index < -0.39 is 0 Å². The first-order chi connectivity index (χ1) is 20.2. The number of fused-ring (bicyclic) bond motifs is 2. The first kappa shape index (κ1) is 26.3. The third kappa shape index (κ3) is 5.17. The molecule has 11 heteroatoms. The van der Waals surface area contributed by atoms with E-state index >= 15 is 0 Å². The van der Waals surface area contributed by atoms with Crippen molar-refractivity contribution in [2.45, 2.75) is 51.1 Å². The fraction of sp³-hybridized carbons (Fsp3) is 0.533. The van der Waals surface area contributed by atoms with Gasteiger partial charge in [-0.1, -0.05) is 6.08 Å². The van der Waals surface area contributed by atoms with E-state index in [4.69, 9.17) is 9.47 Å². The summed E-state index contributed by atoms with van der Waals surface area (Å²) >= 11 is 0. The van der Waals surface area contributed by atoms with Crippen molar-refractivity contribution in [1.82, 2.24) is 29.4 Å². The lowest BCUT2D eigenvalue weighted by molar-refractivity contribution is -0.137. The molecule has 1 amide bonds. The number of carbonyl (C=O) groups excluding carboxylic acids is 1. The van der Waals surface area contributed by atoms with E-state index in [1.807, 2.05) is 4.90 Å². The zero-order chi connectivity index (χ0) is 27.8. The summed E-state index contributed by atoms with van der Waals surface area (Å²) in [7, 11) is 0. The average molecular weight is 562 g/mol. The molecular weight excluding hydrogens is 525 g/mol. The quantitative estimate of drug-likeness (QED) is 0.490. The summed E-state index contributed by atoms with van der Waals surface area (Å²) < 4.78 is 27.5. The number of nitrogens with zero attached hydrogens (tertiary/aromatic N) is 6. The molecule has 0 unspecified atom stereocenters. The Balaban J connectivity index is 0.998. The fourth-order valence-electron chi connectivity index (χ4n) is 6.78. The molecular formula is C30H36FN7O3. The summed E-state index contributed by atoms with van der Waals surface area (Å²) in [5.74, 6) is 1.43. The van der Waals surface area contributed by atoms with Gasteiger partial charge in [0.15, 0.2) is 5.65 Å². The monoisotopic (exact) mass is 561 g/mol. The summed E-state index contributed by atoms with van der Waals surface area (Å²) in [5.41, 5.74) is 4.22. The van der Waals surface area contributed by atoms with Crippen LogP contribution in [0.25, 0.3) is 11.2 Å². The molecule has 41 heavy (non-hydrogen) atoms. The Morgan fingerprint density at radius 3 is 2.73 bits per heavy atom. The Hall–Kier alpha value is -3.57. The van der Waals surface area contributed by atoms with Crippen molar-refractivity contribution < 1.29 is 18.7 Å². The number of rotatable bonds is 6. The number of likely N-dealkylation sites (tertiary alicyclic amines) is 1. The molecule has 6 heterocycles. The second kappa shape index (κ2) is 11.4. The van der Waals surface area contributed by atoms with Gasteiger partial charge in [0.25, 0.3) is 0 Å². The van der Waals surface area contributed by atoms with E-state index in [0.717, 1.165) is 80.9 Å². The van der Waals surface area contributed by atoms with E-state index in [1.54, 1.807) is 23.0 Å². The SMILES string of the molecule is O=C(C1CCN(C2CCOCC2)CC1)N1CC=C(c2cnc(NCc3c(F)ccc4c3CCO4)n3cnnc23)CC1. The van der Waals surface area contributed by atoms with Gasteiger partial charge in [-0.05, 0) is 62.9 Å². The molecule has 216 valence electrons. The highest BCUT2D eigenvalue weighted by Crippen LogP contribution is 2.32. The average Bonchev–Trinajstić information content (AvgIpc) is 3.72. The number of carbonyl (C=O) groups is 1. The molecule has 3 aromatic rings.